The van der Waals surface area contributed by atoms with Gasteiger partial charge < -0.3 is 25.6 Å². The number of alkyl halides is 4. The lowest BCUT2D eigenvalue weighted by Crippen LogP contribution is -2.41. The molecule has 4 amide bonds. The number of halogens is 4. The Morgan fingerprint density at radius 2 is 1.54 bits per heavy atom. The van der Waals surface area contributed by atoms with Crippen LogP contribution in [0.4, 0.5) is 44.2 Å². The van der Waals surface area contributed by atoms with E-state index < -0.39 is 36.4 Å². The highest BCUT2D eigenvalue weighted by Crippen LogP contribution is 2.29. The molecule has 0 radical (unpaired) electrons. The first-order valence-corrected chi connectivity index (χ1v) is 14.3. The van der Waals surface area contributed by atoms with Gasteiger partial charge in [-0.2, -0.15) is 5.10 Å². The van der Waals surface area contributed by atoms with Gasteiger partial charge in [-0.1, -0.05) is 25.6 Å². The highest BCUT2D eigenvalue weighted by Gasteiger charge is 2.33. The van der Waals surface area contributed by atoms with E-state index in [0.717, 1.165) is 17.8 Å². The summed E-state index contributed by atoms with van der Waals surface area (Å²) in [7, 11) is 0. The molecular formula is C31H33F4N9O4. The van der Waals surface area contributed by atoms with Gasteiger partial charge in [0.1, 0.15) is 17.1 Å². The summed E-state index contributed by atoms with van der Waals surface area (Å²) in [4.78, 5) is 46.5. The number of benzene rings is 1. The second-order valence-corrected chi connectivity index (χ2v) is 10.4. The number of aromatic nitrogens is 4. The molecule has 0 bridgehead atoms. The minimum Gasteiger partial charge on any atom is -0.410 e. The molecular weight excluding hydrogens is 638 g/mol. The Labute approximate surface area is 272 Å². The second kappa shape index (κ2) is 15.8. The molecule has 1 atom stereocenters. The summed E-state index contributed by atoms with van der Waals surface area (Å²) in [6, 6.07) is 12.9. The number of anilines is 3. The predicted octanol–water partition coefficient (Wildman–Crippen LogP) is 5.59. The van der Waals surface area contributed by atoms with Crippen molar-refractivity contribution < 1.29 is 36.7 Å². The molecule has 254 valence electrons. The molecule has 4 aromatic rings. The van der Waals surface area contributed by atoms with Crippen molar-refractivity contribution in [3.8, 4) is 5.75 Å². The molecule has 48 heavy (non-hydrogen) atoms. The zero-order valence-corrected chi connectivity index (χ0v) is 24.6. The third-order valence-electron chi connectivity index (χ3n) is 7.04. The number of para-hydroxylation sites is 1. The molecule has 0 aliphatic carbocycles. The molecule has 1 fully saturated rings. The number of ether oxygens (including phenoxy) is 1. The Kier molecular flexibility index (Phi) is 11.6. The lowest BCUT2D eigenvalue weighted by Gasteiger charge is -2.29. The maximum atomic E-state index is 12.8. The Morgan fingerprint density at radius 3 is 2.12 bits per heavy atom. The average Bonchev–Trinajstić information content (AvgIpc) is 3.62. The molecule has 1 unspecified atom stereocenters. The van der Waals surface area contributed by atoms with E-state index in [-0.39, 0.29) is 43.7 Å². The first-order chi connectivity index (χ1) is 22.6. The number of urea groups is 1. The van der Waals surface area contributed by atoms with Crippen molar-refractivity contribution in [3.05, 3.63) is 90.3 Å². The molecule has 0 saturated carbocycles. The summed E-state index contributed by atoms with van der Waals surface area (Å²) >= 11 is 0. The summed E-state index contributed by atoms with van der Waals surface area (Å²) in [5, 5.41) is 9.27. The topological polar surface area (TPSA) is 161 Å². The van der Waals surface area contributed by atoms with Gasteiger partial charge >= 0.3 is 12.1 Å². The Hall–Kier alpha value is -5.58. The normalized spacial score (nSPS) is 15.3. The Balaban J connectivity index is 0.000000228. The SMILES string of the molecule is C.NC1CC(=O)N(c2cnn3c2CN(C(=O)Nc2ccnc(C(F)F)c2)CC3)C1.O=C(Nc1ccnc(C(F)F)c1)Oc1ccccc1. The molecule has 6 rings (SSSR count). The van der Waals surface area contributed by atoms with Crippen LogP contribution in [0.15, 0.2) is 73.2 Å². The van der Waals surface area contributed by atoms with Crippen LogP contribution in [-0.4, -0.2) is 61.8 Å². The van der Waals surface area contributed by atoms with Crippen LogP contribution < -0.4 is 26.0 Å². The van der Waals surface area contributed by atoms with E-state index >= 15 is 0 Å². The molecule has 2 aliphatic rings. The van der Waals surface area contributed by atoms with Gasteiger partial charge in [0, 0.05) is 49.3 Å². The minimum atomic E-state index is -2.71. The number of pyridine rings is 2. The second-order valence-electron chi connectivity index (χ2n) is 10.4. The van der Waals surface area contributed by atoms with Gasteiger partial charge in [-0.25, -0.2) is 27.2 Å². The van der Waals surface area contributed by atoms with Crippen molar-refractivity contribution in [1.82, 2.24) is 24.6 Å². The quantitative estimate of drug-likeness (QED) is 0.224. The van der Waals surface area contributed by atoms with Crippen molar-refractivity contribution in [1.29, 1.82) is 0 Å². The van der Waals surface area contributed by atoms with Gasteiger partial charge in [-0.05, 0) is 36.4 Å². The summed E-state index contributed by atoms with van der Waals surface area (Å²) in [5.41, 5.74) is 6.90. The number of hydrogen-bond acceptors (Lipinski definition) is 8. The number of carbonyl (C=O) groups is 3. The third kappa shape index (κ3) is 8.81. The van der Waals surface area contributed by atoms with E-state index in [9.17, 15) is 31.9 Å². The van der Waals surface area contributed by atoms with E-state index in [4.69, 9.17) is 10.5 Å². The molecule has 3 aromatic heterocycles. The Bertz CT molecular complexity index is 1730. The molecule has 13 nitrogen and oxygen atoms in total. The van der Waals surface area contributed by atoms with Crippen LogP contribution in [-0.2, 0) is 17.9 Å². The van der Waals surface area contributed by atoms with E-state index in [1.54, 1.807) is 51.0 Å². The van der Waals surface area contributed by atoms with Gasteiger partial charge in [-0.3, -0.25) is 24.8 Å². The van der Waals surface area contributed by atoms with Crippen LogP contribution in [0.2, 0.25) is 0 Å². The van der Waals surface area contributed by atoms with Crippen molar-refractivity contribution in [2.45, 2.75) is 45.8 Å². The standard InChI is InChI=1S/C17H19F2N7O2.C13H10F2N2O2.CH4/c18-16(19)12-6-11(1-2-21-12)23-17(28)24-3-4-26-14(9-24)13(7-22-26)25-8-10(20)5-15(25)27;14-12(15)11-8-9(6-7-16-11)17-13(18)19-10-4-2-1-3-5-10;/h1-2,6-7,10,16H,3-5,8-9,20H2,(H,21,23,28);1-8,12H,(H,16,17,18);1H4. The fourth-order valence-electron chi connectivity index (χ4n) is 4.83. The van der Waals surface area contributed by atoms with Gasteiger partial charge in [0.2, 0.25) is 5.91 Å². The Morgan fingerprint density at radius 1 is 0.917 bits per heavy atom. The number of nitrogens with two attached hydrogens (primary N) is 1. The highest BCUT2D eigenvalue weighted by atomic mass is 19.3. The number of nitrogens with one attached hydrogen (secondary N) is 2. The third-order valence-corrected chi connectivity index (χ3v) is 7.04. The number of fused-ring (bicyclic) bond motifs is 1. The van der Waals surface area contributed by atoms with Crippen molar-refractivity contribution in [2.75, 3.05) is 28.6 Å². The van der Waals surface area contributed by atoms with Gasteiger partial charge in [0.05, 0.1) is 30.7 Å². The summed E-state index contributed by atoms with van der Waals surface area (Å²) in [6.07, 6.45) is -1.84. The van der Waals surface area contributed by atoms with Gasteiger partial charge in [-0.15, -0.1) is 0 Å². The van der Waals surface area contributed by atoms with E-state index in [1.807, 2.05) is 0 Å². The largest absolute Gasteiger partial charge is 0.417 e. The monoisotopic (exact) mass is 671 g/mol. The number of carbonyl (C=O) groups excluding carboxylic acids is 3. The lowest BCUT2D eigenvalue weighted by molar-refractivity contribution is -0.117. The van der Waals surface area contributed by atoms with Crippen molar-refractivity contribution >= 4 is 35.1 Å². The maximum Gasteiger partial charge on any atom is 0.417 e. The molecule has 17 heteroatoms. The lowest BCUT2D eigenvalue weighted by atomic mass is 10.2. The fourth-order valence-corrected chi connectivity index (χ4v) is 4.83. The summed E-state index contributed by atoms with van der Waals surface area (Å²) in [5.74, 6) is 0.296. The zero-order valence-electron chi connectivity index (χ0n) is 24.6. The van der Waals surface area contributed by atoms with E-state index in [2.05, 4.69) is 25.7 Å². The fraction of sp³-hybridized carbons (Fsp3) is 0.290. The summed E-state index contributed by atoms with van der Waals surface area (Å²) < 4.78 is 57.1. The molecule has 0 spiro atoms. The molecule has 1 saturated heterocycles. The average molecular weight is 672 g/mol. The molecule has 1 aromatic carbocycles. The van der Waals surface area contributed by atoms with Crippen molar-refractivity contribution in [2.24, 2.45) is 5.73 Å². The van der Waals surface area contributed by atoms with Crippen LogP contribution in [0.5, 0.6) is 5.75 Å². The van der Waals surface area contributed by atoms with Crippen LogP contribution in [0.25, 0.3) is 0 Å². The molecule has 4 N–H and O–H groups in total. The smallest absolute Gasteiger partial charge is 0.410 e. The van der Waals surface area contributed by atoms with Gasteiger partial charge in [0.25, 0.3) is 12.9 Å². The van der Waals surface area contributed by atoms with E-state index in [0.29, 0.717) is 31.1 Å². The number of amides is 4. The molecule has 5 heterocycles. The first kappa shape index (κ1) is 35.3. The zero-order chi connectivity index (χ0) is 33.5. The first-order valence-electron chi connectivity index (χ1n) is 14.3. The van der Waals surface area contributed by atoms with Crippen molar-refractivity contribution in [3.63, 3.8) is 0 Å². The highest BCUT2D eigenvalue weighted by molar-refractivity contribution is 5.97. The molecule has 2 aliphatic heterocycles. The number of rotatable bonds is 6. The number of nitrogens with zero attached hydrogens (tertiary/aromatic N) is 6. The van der Waals surface area contributed by atoms with Gasteiger partial charge in [0.15, 0.2) is 0 Å². The number of hydrogen-bond donors (Lipinski definition) is 3. The summed E-state index contributed by atoms with van der Waals surface area (Å²) in [6.45, 7) is 1.53. The van der Waals surface area contributed by atoms with Crippen LogP contribution in [0.1, 0.15) is 43.8 Å². The minimum absolute atomic E-state index is 0. The maximum absolute atomic E-state index is 12.8. The van der Waals surface area contributed by atoms with Crippen LogP contribution in [0, 0.1) is 0 Å². The van der Waals surface area contributed by atoms with E-state index in [1.165, 1.54) is 24.5 Å². The van der Waals surface area contributed by atoms with Crippen LogP contribution in [0.3, 0.4) is 0 Å². The predicted molar refractivity (Wildman–Crippen MR) is 168 cm³/mol. The van der Waals surface area contributed by atoms with Crippen LogP contribution >= 0.6 is 0 Å².